The van der Waals surface area contributed by atoms with Crippen molar-refractivity contribution in [2.45, 2.75) is 32.5 Å². The molecule has 1 unspecified atom stereocenters. The van der Waals surface area contributed by atoms with Crippen molar-refractivity contribution in [2.75, 3.05) is 34.3 Å². The highest BCUT2D eigenvalue weighted by molar-refractivity contribution is 5.21. The van der Waals surface area contributed by atoms with Crippen molar-refractivity contribution in [2.24, 2.45) is 0 Å². The minimum absolute atomic E-state index is 0.178. The third-order valence-corrected chi connectivity index (χ3v) is 5.80. The molecule has 0 saturated heterocycles. The van der Waals surface area contributed by atoms with E-state index >= 15 is 0 Å². The molecular formula is C26H33FN4O3. The molecule has 0 aliphatic heterocycles. The van der Waals surface area contributed by atoms with Gasteiger partial charge in [0.15, 0.2) is 0 Å². The van der Waals surface area contributed by atoms with Gasteiger partial charge >= 0.3 is 0 Å². The van der Waals surface area contributed by atoms with Crippen LogP contribution in [0.5, 0.6) is 5.75 Å². The molecule has 8 heteroatoms. The van der Waals surface area contributed by atoms with Crippen molar-refractivity contribution in [3.05, 3.63) is 99.1 Å². The van der Waals surface area contributed by atoms with Crippen LogP contribution in [-0.2, 0) is 13.1 Å². The largest absolute Gasteiger partial charge is 0.633 e. The molecule has 3 aromatic rings. The van der Waals surface area contributed by atoms with E-state index in [-0.39, 0.29) is 23.2 Å². The number of methoxy groups -OCH3 is 1. The van der Waals surface area contributed by atoms with E-state index in [1.54, 1.807) is 30.8 Å². The predicted molar refractivity (Wildman–Crippen MR) is 131 cm³/mol. The lowest BCUT2D eigenvalue weighted by molar-refractivity contribution is -0.839. The molecule has 0 saturated carbocycles. The number of hydrogen-bond donors (Lipinski definition) is 0. The van der Waals surface area contributed by atoms with E-state index in [1.165, 1.54) is 25.4 Å². The highest BCUT2D eigenvalue weighted by atomic mass is 19.1. The Kier molecular flexibility index (Phi) is 8.55. The first-order valence-corrected chi connectivity index (χ1v) is 11.4. The Hall–Kier alpha value is -3.07. The van der Waals surface area contributed by atoms with Crippen LogP contribution in [0.1, 0.15) is 36.3 Å². The van der Waals surface area contributed by atoms with Crippen molar-refractivity contribution < 1.29 is 13.8 Å². The molecule has 2 aromatic carbocycles. The van der Waals surface area contributed by atoms with Gasteiger partial charge in [0.25, 0.3) is 5.56 Å². The third kappa shape index (κ3) is 6.72. The van der Waals surface area contributed by atoms with E-state index in [1.807, 2.05) is 37.3 Å². The van der Waals surface area contributed by atoms with Gasteiger partial charge < -0.3 is 14.6 Å². The Balaban J connectivity index is 2.04. The van der Waals surface area contributed by atoms with Crippen molar-refractivity contribution >= 4 is 0 Å². The summed E-state index contributed by atoms with van der Waals surface area (Å²) in [6.45, 7) is 3.72. The Morgan fingerprint density at radius 2 is 1.79 bits per heavy atom. The number of benzene rings is 2. The van der Waals surface area contributed by atoms with Gasteiger partial charge in [-0.1, -0.05) is 49.4 Å². The summed E-state index contributed by atoms with van der Waals surface area (Å²) in [5.41, 5.74) is 1.64. The standard InChI is InChI=1S/C26H33FN4O3/c1-5-23(29(15-16-31(2,3)33)18-21-11-13-22(27)14-12-21)25-28-17-24(34-4)26(32)30(25)19-20-9-7-6-8-10-20/h6-14,17,23H,5,15-16,18-19H2,1-4H3. The molecule has 1 heterocycles. The minimum Gasteiger partial charge on any atom is -0.633 e. The van der Waals surface area contributed by atoms with Gasteiger partial charge in [0, 0.05) is 13.1 Å². The minimum atomic E-state index is -0.441. The van der Waals surface area contributed by atoms with E-state index in [2.05, 4.69) is 9.88 Å². The summed E-state index contributed by atoms with van der Waals surface area (Å²) in [6, 6.07) is 15.8. The van der Waals surface area contributed by atoms with Crippen LogP contribution in [0.25, 0.3) is 0 Å². The van der Waals surface area contributed by atoms with Gasteiger partial charge in [-0.05, 0) is 29.7 Å². The molecule has 0 bridgehead atoms. The Bertz CT molecular complexity index is 1110. The van der Waals surface area contributed by atoms with Crippen molar-refractivity contribution in [1.82, 2.24) is 14.5 Å². The monoisotopic (exact) mass is 468 g/mol. The summed E-state index contributed by atoms with van der Waals surface area (Å²) in [4.78, 5) is 20.1. The smallest absolute Gasteiger partial charge is 0.296 e. The molecule has 1 atom stereocenters. The first-order valence-electron chi connectivity index (χ1n) is 11.4. The van der Waals surface area contributed by atoms with Crippen LogP contribution in [0.4, 0.5) is 4.39 Å². The molecule has 0 amide bonds. The normalized spacial score (nSPS) is 12.7. The average Bonchev–Trinajstić information content (AvgIpc) is 2.81. The fraction of sp³-hybridized carbons (Fsp3) is 0.385. The first kappa shape index (κ1) is 25.6. The highest BCUT2D eigenvalue weighted by Gasteiger charge is 2.26. The zero-order valence-corrected chi connectivity index (χ0v) is 20.3. The Labute approximate surface area is 200 Å². The van der Waals surface area contributed by atoms with Crippen molar-refractivity contribution in [1.29, 1.82) is 0 Å². The van der Waals surface area contributed by atoms with Gasteiger partial charge in [-0.2, -0.15) is 0 Å². The number of nitrogens with zero attached hydrogens (tertiary/aromatic N) is 4. The number of hydrogen-bond acceptors (Lipinski definition) is 5. The molecule has 0 radical (unpaired) electrons. The van der Waals surface area contributed by atoms with Crippen LogP contribution in [0.3, 0.4) is 0 Å². The predicted octanol–water partition coefficient (Wildman–Crippen LogP) is 3.97. The molecule has 34 heavy (non-hydrogen) atoms. The number of hydroxylamine groups is 3. The van der Waals surface area contributed by atoms with Gasteiger partial charge in [-0.25, -0.2) is 9.37 Å². The summed E-state index contributed by atoms with van der Waals surface area (Å²) in [6.07, 6.45) is 2.13. The number of quaternary nitrogens is 1. The second-order valence-electron chi connectivity index (χ2n) is 8.88. The molecule has 7 nitrogen and oxygen atoms in total. The van der Waals surface area contributed by atoms with Crippen molar-refractivity contribution in [3.63, 3.8) is 0 Å². The zero-order chi connectivity index (χ0) is 24.7. The number of rotatable bonds is 11. The topological polar surface area (TPSA) is 70.4 Å². The summed E-state index contributed by atoms with van der Waals surface area (Å²) in [5, 5.41) is 12.4. The Morgan fingerprint density at radius 3 is 2.38 bits per heavy atom. The SMILES string of the molecule is CCC(c1ncc(OC)c(=O)n1Cc1ccccc1)N(CC[N+](C)(C)[O-])Cc1ccc(F)cc1. The van der Waals surface area contributed by atoms with Gasteiger partial charge in [-0.15, -0.1) is 0 Å². The number of aromatic nitrogens is 2. The molecule has 0 fully saturated rings. The quantitative estimate of drug-likeness (QED) is 0.315. The lowest BCUT2D eigenvalue weighted by Crippen LogP contribution is -2.43. The molecule has 182 valence electrons. The van der Waals surface area contributed by atoms with E-state index in [0.717, 1.165) is 11.1 Å². The first-order chi connectivity index (χ1) is 16.2. The molecule has 0 aliphatic carbocycles. The van der Waals surface area contributed by atoms with Gasteiger partial charge in [-0.3, -0.25) is 14.3 Å². The number of halogens is 1. The third-order valence-electron chi connectivity index (χ3n) is 5.80. The van der Waals surface area contributed by atoms with Gasteiger partial charge in [0.1, 0.15) is 11.6 Å². The highest BCUT2D eigenvalue weighted by Crippen LogP contribution is 2.26. The molecule has 0 N–H and O–H groups in total. The fourth-order valence-corrected chi connectivity index (χ4v) is 3.95. The molecule has 0 aliphatic rings. The maximum absolute atomic E-state index is 13.5. The molecule has 1 aromatic heterocycles. The van der Waals surface area contributed by atoms with Crippen LogP contribution in [0, 0.1) is 11.0 Å². The maximum Gasteiger partial charge on any atom is 0.296 e. The van der Waals surface area contributed by atoms with Crippen molar-refractivity contribution in [3.8, 4) is 5.75 Å². The summed E-state index contributed by atoms with van der Waals surface area (Å²) >= 11 is 0. The van der Waals surface area contributed by atoms with E-state index < -0.39 is 4.65 Å². The lowest BCUT2D eigenvalue weighted by Gasteiger charge is -2.38. The second kappa shape index (κ2) is 11.4. The summed E-state index contributed by atoms with van der Waals surface area (Å²) in [5.74, 6) is 0.487. The Morgan fingerprint density at radius 1 is 1.12 bits per heavy atom. The molecule has 3 rings (SSSR count). The van der Waals surface area contributed by atoms with Gasteiger partial charge in [0.2, 0.25) is 5.75 Å². The summed E-state index contributed by atoms with van der Waals surface area (Å²) < 4.78 is 19.9. The number of ether oxygens (including phenoxy) is 1. The van der Waals surface area contributed by atoms with Gasteiger partial charge in [0.05, 0.1) is 46.5 Å². The van der Waals surface area contributed by atoms with Crippen LogP contribution in [0.15, 0.2) is 65.6 Å². The van der Waals surface area contributed by atoms with E-state index in [4.69, 9.17) is 4.74 Å². The van der Waals surface area contributed by atoms with E-state index in [0.29, 0.717) is 38.4 Å². The number of likely N-dealkylation sites (N-methyl/N-ethyl adjacent to an activating group) is 1. The van der Waals surface area contributed by atoms with Crippen LogP contribution < -0.4 is 10.3 Å². The van der Waals surface area contributed by atoms with Crippen LogP contribution in [0.2, 0.25) is 0 Å². The fourth-order valence-electron chi connectivity index (χ4n) is 3.95. The molecule has 0 spiro atoms. The maximum atomic E-state index is 13.5. The lowest BCUT2D eigenvalue weighted by atomic mass is 10.1. The summed E-state index contributed by atoms with van der Waals surface area (Å²) in [7, 11) is 4.67. The molecular weight excluding hydrogens is 435 g/mol. The van der Waals surface area contributed by atoms with E-state index in [9.17, 15) is 14.4 Å². The second-order valence-corrected chi connectivity index (χ2v) is 8.88. The van der Waals surface area contributed by atoms with Crippen LogP contribution in [-0.4, -0.2) is 53.4 Å². The average molecular weight is 469 g/mol. The zero-order valence-electron chi connectivity index (χ0n) is 20.3. The van der Waals surface area contributed by atoms with Crippen LogP contribution >= 0.6 is 0 Å².